The first kappa shape index (κ1) is 19.1. The minimum atomic E-state index is -0.470. The van der Waals surface area contributed by atoms with Crippen LogP contribution in [-0.2, 0) is 11.3 Å². The van der Waals surface area contributed by atoms with Crippen molar-refractivity contribution in [3.8, 4) is 17.4 Å². The number of rotatable bonds is 8. The molecule has 0 radical (unpaired) electrons. The van der Waals surface area contributed by atoms with Crippen molar-refractivity contribution in [3.05, 3.63) is 48.2 Å². The van der Waals surface area contributed by atoms with Crippen molar-refractivity contribution in [2.45, 2.75) is 38.5 Å². The molecule has 3 N–H and O–H groups in total. The summed E-state index contributed by atoms with van der Waals surface area (Å²) in [5, 5.41) is 15.4. The Morgan fingerprint density at radius 1 is 1.30 bits per heavy atom. The number of β-amino-alcohol motifs (C(OH)–C–C–N with tert-alkyl or cyclic N) is 1. The molecule has 2 unspecified atom stereocenters. The molecule has 1 aromatic heterocycles. The van der Waals surface area contributed by atoms with Crippen LogP contribution >= 0.6 is 0 Å². The van der Waals surface area contributed by atoms with Crippen molar-refractivity contribution < 1.29 is 19.4 Å². The fraction of sp³-hybridized carbons (Fsp3) is 0.400. The number of carbonyl (C=O) groups is 1. The molecule has 1 aromatic carbocycles. The van der Waals surface area contributed by atoms with Crippen molar-refractivity contribution in [1.82, 2.24) is 15.6 Å². The highest BCUT2D eigenvalue weighted by atomic mass is 16.5. The van der Waals surface area contributed by atoms with Gasteiger partial charge in [-0.3, -0.25) is 4.79 Å². The van der Waals surface area contributed by atoms with Crippen molar-refractivity contribution in [3.63, 3.8) is 0 Å². The summed E-state index contributed by atoms with van der Waals surface area (Å²) in [6.07, 6.45) is 2.56. The van der Waals surface area contributed by atoms with Gasteiger partial charge >= 0.3 is 0 Å². The molecule has 2 atom stereocenters. The molecular formula is C20H25N3O4. The zero-order valence-corrected chi connectivity index (χ0v) is 15.4. The molecular weight excluding hydrogens is 346 g/mol. The average molecular weight is 371 g/mol. The Bertz CT molecular complexity index is 751. The Morgan fingerprint density at radius 2 is 2.07 bits per heavy atom. The number of aliphatic hydroxyl groups excluding tert-OH is 1. The lowest BCUT2D eigenvalue weighted by Crippen LogP contribution is -2.40. The van der Waals surface area contributed by atoms with Crippen LogP contribution in [-0.4, -0.2) is 41.3 Å². The van der Waals surface area contributed by atoms with Crippen LogP contribution in [0.15, 0.2) is 42.6 Å². The zero-order valence-electron chi connectivity index (χ0n) is 15.4. The Balaban J connectivity index is 1.59. The van der Waals surface area contributed by atoms with E-state index < -0.39 is 6.10 Å². The minimum absolute atomic E-state index is 0.140. The molecule has 27 heavy (non-hydrogen) atoms. The number of amides is 1. The molecule has 1 saturated heterocycles. The number of aromatic nitrogens is 1. The molecule has 2 heterocycles. The summed E-state index contributed by atoms with van der Waals surface area (Å²) in [7, 11) is 0. The third-order valence-electron chi connectivity index (χ3n) is 4.24. The van der Waals surface area contributed by atoms with Crippen LogP contribution in [0.25, 0.3) is 0 Å². The maximum absolute atomic E-state index is 12.2. The van der Waals surface area contributed by atoms with E-state index in [1.54, 1.807) is 12.3 Å². The second kappa shape index (κ2) is 9.34. The van der Waals surface area contributed by atoms with Crippen LogP contribution in [0.2, 0.25) is 0 Å². The summed E-state index contributed by atoms with van der Waals surface area (Å²) in [5.41, 5.74) is 0.774. The zero-order chi connectivity index (χ0) is 19.1. The number of ether oxygens (including phenoxy) is 2. The van der Waals surface area contributed by atoms with E-state index >= 15 is 0 Å². The van der Waals surface area contributed by atoms with E-state index in [0.717, 1.165) is 17.7 Å². The molecule has 144 valence electrons. The molecule has 0 aliphatic carbocycles. The molecule has 1 aliphatic heterocycles. The summed E-state index contributed by atoms with van der Waals surface area (Å²) in [6, 6.07) is 10.7. The molecule has 0 spiro atoms. The summed E-state index contributed by atoms with van der Waals surface area (Å²) >= 11 is 0. The quantitative estimate of drug-likeness (QED) is 0.657. The van der Waals surface area contributed by atoms with E-state index in [-0.39, 0.29) is 11.9 Å². The van der Waals surface area contributed by atoms with E-state index in [4.69, 9.17) is 9.47 Å². The minimum Gasteiger partial charge on any atom is -0.494 e. The number of hydrogen-bond acceptors (Lipinski definition) is 6. The summed E-state index contributed by atoms with van der Waals surface area (Å²) in [5.74, 6) is 1.74. The van der Waals surface area contributed by atoms with E-state index in [1.165, 1.54) is 0 Å². The molecule has 3 rings (SSSR count). The fourth-order valence-corrected chi connectivity index (χ4v) is 2.81. The summed E-state index contributed by atoms with van der Waals surface area (Å²) in [6.45, 7) is 3.48. The standard InChI is InChI=1S/C20H25N3O4/c1-2-10-26-16-5-7-17(8-6-16)27-20-14(4-3-9-21-20)12-23-19(25)18-11-15(24)13-22-18/h3-9,15,18,22,24H,2,10-13H2,1H3,(H,23,25). The largest absolute Gasteiger partial charge is 0.494 e. The number of benzene rings is 1. The maximum Gasteiger partial charge on any atom is 0.237 e. The van der Waals surface area contributed by atoms with Gasteiger partial charge in [0.15, 0.2) is 0 Å². The number of carbonyl (C=O) groups excluding carboxylic acids is 1. The van der Waals surface area contributed by atoms with Gasteiger partial charge in [-0.25, -0.2) is 4.98 Å². The van der Waals surface area contributed by atoms with Gasteiger partial charge in [-0.2, -0.15) is 0 Å². The molecule has 1 fully saturated rings. The summed E-state index contributed by atoms with van der Waals surface area (Å²) < 4.78 is 11.4. The number of nitrogens with zero attached hydrogens (tertiary/aromatic N) is 1. The van der Waals surface area contributed by atoms with E-state index in [9.17, 15) is 9.90 Å². The first-order valence-corrected chi connectivity index (χ1v) is 9.19. The predicted molar refractivity (Wildman–Crippen MR) is 101 cm³/mol. The van der Waals surface area contributed by atoms with Gasteiger partial charge in [-0.15, -0.1) is 0 Å². The van der Waals surface area contributed by atoms with Crippen LogP contribution in [0.3, 0.4) is 0 Å². The second-order valence-corrected chi connectivity index (χ2v) is 6.46. The van der Waals surface area contributed by atoms with E-state index in [0.29, 0.717) is 37.7 Å². The summed E-state index contributed by atoms with van der Waals surface area (Å²) in [4.78, 5) is 16.5. The Hall–Kier alpha value is -2.64. The predicted octanol–water partition coefficient (Wildman–Crippen LogP) is 2.00. The molecule has 7 heteroatoms. The maximum atomic E-state index is 12.2. The van der Waals surface area contributed by atoms with E-state index in [1.807, 2.05) is 30.3 Å². The molecule has 1 amide bonds. The second-order valence-electron chi connectivity index (χ2n) is 6.46. The smallest absolute Gasteiger partial charge is 0.237 e. The third kappa shape index (κ3) is 5.42. The topological polar surface area (TPSA) is 92.7 Å². The number of pyridine rings is 1. The lowest BCUT2D eigenvalue weighted by molar-refractivity contribution is -0.123. The fourth-order valence-electron chi connectivity index (χ4n) is 2.81. The highest BCUT2D eigenvalue weighted by Gasteiger charge is 2.27. The highest BCUT2D eigenvalue weighted by molar-refractivity contribution is 5.82. The molecule has 1 aliphatic rings. The molecule has 0 bridgehead atoms. The van der Waals surface area contributed by atoms with Crippen molar-refractivity contribution in [2.75, 3.05) is 13.2 Å². The lowest BCUT2D eigenvalue weighted by Gasteiger charge is -2.13. The number of hydrogen-bond donors (Lipinski definition) is 3. The highest BCUT2D eigenvalue weighted by Crippen LogP contribution is 2.25. The molecule has 2 aromatic rings. The van der Waals surface area contributed by atoms with Gasteiger partial charge in [0.1, 0.15) is 11.5 Å². The molecule has 0 saturated carbocycles. The number of nitrogens with one attached hydrogen (secondary N) is 2. The first-order chi connectivity index (χ1) is 13.2. The monoisotopic (exact) mass is 371 g/mol. The van der Waals surface area contributed by atoms with Gasteiger partial charge in [0.05, 0.1) is 18.8 Å². The third-order valence-corrected chi connectivity index (χ3v) is 4.24. The van der Waals surface area contributed by atoms with E-state index in [2.05, 4.69) is 22.5 Å². The van der Waals surface area contributed by atoms with Crippen molar-refractivity contribution in [1.29, 1.82) is 0 Å². The van der Waals surface area contributed by atoms with Crippen LogP contribution in [0.5, 0.6) is 17.4 Å². The van der Waals surface area contributed by atoms with Gasteiger partial charge in [0.25, 0.3) is 0 Å². The van der Waals surface area contributed by atoms with Gasteiger partial charge in [-0.05, 0) is 43.2 Å². The number of aliphatic hydroxyl groups is 1. The Morgan fingerprint density at radius 3 is 2.78 bits per heavy atom. The van der Waals surface area contributed by atoms with Gasteiger partial charge in [0.2, 0.25) is 11.8 Å². The Labute approximate surface area is 158 Å². The molecule has 7 nitrogen and oxygen atoms in total. The van der Waals surface area contributed by atoms with Gasteiger partial charge in [0, 0.05) is 24.8 Å². The van der Waals surface area contributed by atoms with Crippen LogP contribution in [0, 0.1) is 0 Å². The SMILES string of the molecule is CCCOc1ccc(Oc2ncccc2CNC(=O)C2CC(O)CN2)cc1. The lowest BCUT2D eigenvalue weighted by atomic mass is 10.2. The van der Waals surface area contributed by atoms with Gasteiger partial charge < -0.3 is 25.2 Å². The van der Waals surface area contributed by atoms with Crippen molar-refractivity contribution in [2.24, 2.45) is 0 Å². The van der Waals surface area contributed by atoms with Crippen LogP contribution in [0.4, 0.5) is 0 Å². The van der Waals surface area contributed by atoms with Crippen LogP contribution < -0.4 is 20.1 Å². The average Bonchev–Trinajstić information content (AvgIpc) is 3.13. The normalized spacial score (nSPS) is 18.9. The Kier molecular flexibility index (Phi) is 6.62. The van der Waals surface area contributed by atoms with Crippen molar-refractivity contribution >= 4 is 5.91 Å². The van der Waals surface area contributed by atoms with Crippen LogP contribution in [0.1, 0.15) is 25.3 Å². The first-order valence-electron chi connectivity index (χ1n) is 9.19. The van der Waals surface area contributed by atoms with Gasteiger partial charge in [-0.1, -0.05) is 13.0 Å².